The standard InChI is InChI=1S/C9H14O4.Cs/c1-9(5-3-2-4-6-9)13-8(12)7(10)11;/h2-6H2,1H3,(H,10,11);/q;+1/p-1. The molecule has 1 aliphatic rings. The Kier molecular flexibility index (Phi) is 7.01. The zero-order valence-corrected chi connectivity index (χ0v) is 14.9. The minimum Gasteiger partial charge on any atom is -0.539 e. The van der Waals surface area contributed by atoms with Gasteiger partial charge in [0.05, 0.1) is 0 Å². The van der Waals surface area contributed by atoms with E-state index in [9.17, 15) is 14.7 Å². The summed E-state index contributed by atoms with van der Waals surface area (Å²) in [5.74, 6) is -3.00. The van der Waals surface area contributed by atoms with Crippen LogP contribution in [-0.4, -0.2) is 17.5 Å². The SMILES string of the molecule is CC1(OC(=O)C(=O)[O-])CCCCC1.[Cs+]. The van der Waals surface area contributed by atoms with E-state index < -0.39 is 17.5 Å². The normalized spacial score (nSPS) is 19.2. The van der Waals surface area contributed by atoms with Gasteiger partial charge in [-0.1, -0.05) is 6.42 Å². The fraction of sp³-hybridized carbons (Fsp3) is 0.778. The van der Waals surface area contributed by atoms with E-state index in [4.69, 9.17) is 4.74 Å². The van der Waals surface area contributed by atoms with E-state index in [-0.39, 0.29) is 68.9 Å². The second kappa shape index (κ2) is 6.55. The summed E-state index contributed by atoms with van der Waals surface area (Å²) in [4.78, 5) is 20.9. The van der Waals surface area contributed by atoms with Gasteiger partial charge in [-0.05, 0) is 32.6 Å². The predicted molar refractivity (Wildman–Crippen MR) is 42.6 cm³/mol. The van der Waals surface area contributed by atoms with Crippen molar-refractivity contribution in [1.29, 1.82) is 0 Å². The van der Waals surface area contributed by atoms with Gasteiger partial charge < -0.3 is 14.6 Å². The Labute approximate surface area is 142 Å². The van der Waals surface area contributed by atoms with Gasteiger partial charge in [0.2, 0.25) is 0 Å². The summed E-state index contributed by atoms with van der Waals surface area (Å²) in [5.41, 5.74) is -0.588. The summed E-state index contributed by atoms with van der Waals surface area (Å²) in [6, 6.07) is 0. The van der Waals surface area contributed by atoms with E-state index in [0.29, 0.717) is 0 Å². The molecule has 1 fully saturated rings. The summed E-state index contributed by atoms with van der Waals surface area (Å²) >= 11 is 0. The van der Waals surface area contributed by atoms with Crippen LogP contribution in [0.15, 0.2) is 0 Å². The van der Waals surface area contributed by atoms with Crippen molar-refractivity contribution >= 4 is 11.9 Å². The Bertz CT molecular complexity index is 221. The van der Waals surface area contributed by atoms with Crippen LogP contribution in [-0.2, 0) is 14.3 Å². The Balaban J connectivity index is 0.00000169. The number of carbonyl (C=O) groups excluding carboxylic acids is 2. The first kappa shape index (κ1) is 15.0. The average molecular weight is 318 g/mol. The first-order valence-corrected chi connectivity index (χ1v) is 4.48. The molecule has 0 aromatic carbocycles. The number of carbonyl (C=O) groups is 2. The van der Waals surface area contributed by atoms with Crippen LogP contribution in [0.5, 0.6) is 0 Å². The zero-order chi connectivity index (χ0) is 9.90. The van der Waals surface area contributed by atoms with Crippen molar-refractivity contribution in [3.63, 3.8) is 0 Å². The molecule has 74 valence electrons. The monoisotopic (exact) mass is 318 g/mol. The first-order chi connectivity index (χ1) is 6.03. The Morgan fingerprint density at radius 1 is 1.21 bits per heavy atom. The maximum atomic E-state index is 10.7. The van der Waals surface area contributed by atoms with E-state index in [1.165, 1.54) is 0 Å². The van der Waals surface area contributed by atoms with Crippen LogP contribution in [0.3, 0.4) is 0 Å². The molecule has 0 saturated heterocycles. The number of hydrogen-bond donors (Lipinski definition) is 0. The van der Waals surface area contributed by atoms with Crippen molar-refractivity contribution in [2.24, 2.45) is 0 Å². The number of hydrogen-bond acceptors (Lipinski definition) is 4. The molecule has 0 aromatic heterocycles. The Morgan fingerprint density at radius 2 is 1.71 bits per heavy atom. The summed E-state index contributed by atoms with van der Waals surface area (Å²) in [5, 5.41) is 10.1. The molecular weight excluding hydrogens is 305 g/mol. The molecule has 0 bridgehead atoms. The summed E-state index contributed by atoms with van der Waals surface area (Å²) < 4.78 is 4.84. The van der Waals surface area contributed by atoms with Crippen LogP contribution in [0, 0.1) is 0 Å². The number of carboxylic acid groups (broad SMARTS) is 1. The Morgan fingerprint density at radius 3 is 2.14 bits per heavy atom. The smallest absolute Gasteiger partial charge is 0.539 e. The fourth-order valence-electron chi connectivity index (χ4n) is 1.67. The maximum Gasteiger partial charge on any atom is 1.00 e. The molecule has 0 amide bonds. The van der Waals surface area contributed by atoms with Gasteiger partial charge in [-0.15, -0.1) is 0 Å². The van der Waals surface area contributed by atoms with Gasteiger partial charge in [-0.25, -0.2) is 4.79 Å². The molecule has 1 rings (SSSR count). The van der Waals surface area contributed by atoms with Crippen molar-refractivity contribution in [3.05, 3.63) is 0 Å². The maximum absolute atomic E-state index is 10.7. The molecule has 0 spiro atoms. The zero-order valence-electron chi connectivity index (χ0n) is 8.67. The summed E-state index contributed by atoms with van der Waals surface area (Å²) in [6.07, 6.45) is 4.57. The predicted octanol–water partition coefficient (Wildman–Crippen LogP) is -2.99. The average Bonchev–Trinajstić information content (AvgIpc) is 2.04. The van der Waals surface area contributed by atoms with Gasteiger partial charge in [0.15, 0.2) is 5.97 Å². The van der Waals surface area contributed by atoms with Gasteiger partial charge >= 0.3 is 74.9 Å². The van der Waals surface area contributed by atoms with Crippen LogP contribution >= 0.6 is 0 Å². The quantitative estimate of drug-likeness (QED) is 0.382. The number of ether oxygens (including phenoxy) is 1. The van der Waals surface area contributed by atoms with Crippen molar-refractivity contribution in [1.82, 2.24) is 0 Å². The second-order valence-electron chi connectivity index (χ2n) is 3.69. The second-order valence-corrected chi connectivity index (χ2v) is 3.69. The fourth-order valence-corrected chi connectivity index (χ4v) is 1.67. The van der Waals surface area contributed by atoms with E-state index >= 15 is 0 Å². The molecule has 0 unspecified atom stereocenters. The largest absolute Gasteiger partial charge is 1.00 e. The van der Waals surface area contributed by atoms with Gasteiger partial charge in [-0.3, -0.25) is 0 Å². The van der Waals surface area contributed by atoms with Crippen LogP contribution in [0.4, 0.5) is 0 Å². The molecule has 0 radical (unpaired) electrons. The molecule has 0 aliphatic heterocycles. The Hall–Kier alpha value is 0.992. The third-order valence-corrected chi connectivity index (χ3v) is 2.42. The molecule has 14 heavy (non-hydrogen) atoms. The number of esters is 1. The van der Waals surface area contributed by atoms with Crippen molar-refractivity contribution in [3.8, 4) is 0 Å². The molecular formula is C9H13CsO4. The summed E-state index contributed by atoms with van der Waals surface area (Å²) in [6.45, 7) is 1.77. The molecule has 5 heteroatoms. The van der Waals surface area contributed by atoms with Crippen LogP contribution in [0.1, 0.15) is 39.0 Å². The van der Waals surface area contributed by atoms with Crippen LogP contribution in [0.2, 0.25) is 0 Å². The van der Waals surface area contributed by atoms with Crippen LogP contribution < -0.4 is 74.0 Å². The third kappa shape index (κ3) is 4.67. The van der Waals surface area contributed by atoms with Gasteiger partial charge in [0.25, 0.3) is 0 Å². The van der Waals surface area contributed by atoms with E-state index in [1.54, 1.807) is 6.92 Å². The van der Waals surface area contributed by atoms with E-state index in [2.05, 4.69) is 0 Å². The molecule has 0 atom stereocenters. The minimum absolute atomic E-state index is 0. The summed E-state index contributed by atoms with van der Waals surface area (Å²) in [7, 11) is 0. The van der Waals surface area contributed by atoms with E-state index in [1.807, 2.05) is 0 Å². The minimum atomic E-state index is -1.76. The van der Waals surface area contributed by atoms with Crippen molar-refractivity contribution in [2.75, 3.05) is 0 Å². The molecule has 0 N–H and O–H groups in total. The van der Waals surface area contributed by atoms with E-state index in [0.717, 1.165) is 32.1 Å². The third-order valence-electron chi connectivity index (χ3n) is 2.42. The number of carboxylic acids is 1. The van der Waals surface area contributed by atoms with Gasteiger partial charge in [-0.2, -0.15) is 0 Å². The molecule has 0 heterocycles. The number of rotatable bonds is 1. The van der Waals surface area contributed by atoms with Crippen molar-refractivity contribution in [2.45, 2.75) is 44.6 Å². The number of aliphatic carboxylic acids is 1. The molecule has 1 aliphatic carbocycles. The molecule has 0 aromatic rings. The first-order valence-electron chi connectivity index (χ1n) is 4.48. The van der Waals surface area contributed by atoms with Crippen molar-refractivity contribution < 1.29 is 88.3 Å². The van der Waals surface area contributed by atoms with Crippen LogP contribution in [0.25, 0.3) is 0 Å². The van der Waals surface area contributed by atoms with Gasteiger partial charge in [0.1, 0.15) is 5.60 Å². The topological polar surface area (TPSA) is 66.4 Å². The molecule has 4 nitrogen and oxygen atoms in total. The van der Waals surface area contributed by atoms with Gasteiger partial charge in [0, 0.05) is 0 Å². The molecule has 1 saturated carbocycles.